The molecule has 2 atom stereocenters. The monoisotopic (exact) mass is 247 g/mol. The molecule has 18 heavy (non-hydrogen) atoms. The third-order valence-electron chi connectivity index (χ3n) is 4.33. The molecule has 0 aromatic carbocycles. The van der Waals surface area contributed by atoms with Gasteiger partial charge in [0.25, 0.3) is 0 Å². The molecule has 2 heterocycles. The molecule has 1 aromatic rings. The summed E-state index contributed by atoms with van der Waals surface area (Å²) in [6, 6.07) is 0.785. The van der Waals surface area contributed by atoms with E-state index in [4.69, 9.17) is 5.84 Å². The molecule has 5 heteroatoms. The number of fused-ring (bicyclic) bond motifs is 1. The fraction of sp³-hybridized carbons (Fsp3) is 0.692. The predicted octanol–water partition coefficient (Wildman–Crippen LogP) is 1.53. The number of anilines is 1. The minimum atomic E-state index is 0.621. The molecule has 0 spiro atoms. The van der Waals surface area contributed by atoms with E-state index in [1.54, 1.807) is 6.20 Å². The molecule has 1 saturated carbocycles. The predicted molar refractivity (Wildman–Crippen MR) is 70.6 cm³/mol. The standard InChI is InChI=1S/C13H21N5/c14-17-13-8-15-11(7-16-13)9-18-6-2-4-10-3-1-5-12(10)18/h7-8,10,12H,1-6,9,14H2,(H,16,17). The average molecular weight is 247 g/mol. The van der Waals surface area contributed by atoms with E-state index < -0.39 is 0 Å². The topological polar surface area (TPSA) is 67.1 Å². The first kappa shape index (κ1) is 11.9. The number of rotatable bonds is 3. The Morgan fingerprint density at radius 3 is 2.89 bits per heavy atom. The van der Waals surface area contributed by atoms with Crippen LogP contribution in [0, 0.1) is 5.92 Å². The lowest BCUT2D eigenvalue weighted by atomic mass is 9.92. The summed E-state index contributed by atoms with van der Waals surface area (Å²) in [4.78, 5) is 11.2. The zero-order valence-corrected chi connectivity index (χ0v) is 10.7. The van der Waals surface area contributed by atoms with Gasteiger partial charge in [0.05, 0.1) is 18.1 Å². The lowest BCUT2D eigenvalue weighted by molar-refractivity contribution is 0.104. The molecule has 1 aliphatic carbocycles. The van der Waals surface area contributed by atoms with E-state index in [-0.39, 0.29) is 0 Å². The van der Waals surface area contributed by atoms with Crippen molar-refractivity contribution in [2.75, 3.05) is 12.0 Å². The van der Waals surface area contributed by atoms with Crippen molar-refractivity contribution in [3.63, 3.8) is 0 Å². The average Bonchev–Trinajstić information content (AvgIpc) is 2.89. The van der Waals surface area contributed by atoms with Crippen LogP contribution in [0.3, 0.4) is 0 Å². The number of nitrogen functional groups attached to an aromatic ring is 1. The van der Waals surface area contributed by atoms with Gasteiger partial charge in [-0.1, -0.05) is 6.42 Å². The van der Waals surface area contributed by atoms with Crippen molar-refractivity contribution in [2.45, 2.75) is 44.7 Å². The fourth-order valence-corrected chi connectivity index (χ4v) is 3.47. The fourth-order valence-electron chi connectivity index (χ4n) is 3.47. The van der Waals surface area contributed by atoms with Gasteiger partial charge < -0.3 is 5.43 Å². The van der Waals surface area contributed by atoms with Crippen LogP contribution in [0.4, 0.5) is 5.82 Å². The first-order valence-corrected chi connectivity index (χ1v) is 6.88. The van der Waals surface area contributed by atoms with Gasteiger partial charge >= 0.3 is 0 Å². The highest BCUT2D eigenvalue weighted by Gasteiger charge is 2.34. The first-order valence-electron chi connectivity index (χ1n) is 6.88. The summed E-state index contributed by atoms with van der Waals surface area (Å²) in [6.07, 6.45) is 10.5. The van der Waals surface area contributed by atoms with E-state index in [9.17, 15) is 0 Å². The van der Waals surface area contributed by atoms with Gasteiger partial charge in [-0.05, 0) is 38.1 Å². The van der Waals surface area contributed by atoms with E-state index in [1.807, 2.05) is 6.20 Å². The van der Waals surface area contributed by atoms with Gasteiger partial charge in [-0.25, -0.2) is 10.8 Å². The highest BCUT2D eigenvalue weighted by atomic mass is 15.3. The van der Waals surface area contributed by atoms with Crippen LogP contribution in [0.5, 0.6) is 0 Å². The Kier molecular flexibility index (Phi) is 3.43. The molecule has 0 radical (unpaired) electrons. The van der Waals surface area contributed by atoms with Gasteiger partial charge in [-0.2, -0.15) is 0 Å². The van der Waals surface area contributed by atoms with E-state index in [0.29, 0.717) is 5.82 Å². The molecule has 3 rings (SSSR count). The number of piperidine rings is 1. The molecule has 0 bridgehead atoms. The van der Waals surface area contributed by atoms with Crippen LogP contribution >= 0.6 is 0 Å². The van der Waals surface area contributed by atoms with Gasteiger partial charge in [-0.15, -0.1) is 0 Å². The van der Waals surface area contributed by atoms with Gasteiger partial charge in [0.15, 0.2) is 5.82 Å². The molecule has 2 unspecified atom stereocenters. The molecule has 2 aliphatic rings. The maximum absolute atomic E-state index is 5.29. The Morgan fingerprint density at radius 1 is 1.22 bits per heavy atom. The number of hydrogen-bond acceptors (Lipinski definition) is 5. The van der Waals surface area contributed by atoms with Crippen molar-refractivity contribution in [3.8, 4) is 0 Å². The summed E-state index contributed by atoms with van der Waals surface area (Å²) in [5, 5.41) is 0. The van der Waals surface area contributed by atoms with E-state index >= 15 is 0 Å². The number of hydrogen-bond donors (Lipinski definition) is 2. The van der Waals surface area contributed by atoms with Crippen molar-refractivity contribution < 1.29 is 0 Å². The number of likely N-dealkylation sites (tertiary alicyclic amines) is 1. The normalized spacial score (nSPS) is 28.1. The minimum absolute atomic E-state index is 0.621. The lowest BCUT2D eigenvalue weighted by Crippen LogP contribution is -2.42. The molecule has 1 aromatic heterocycles. The summed E-state index contributed by atoms with van der Waals surface area (Å²) >= 11 is 0. The zero-order chi connectivity index (χ0) is 12.4. The second-order valence-electron chi connectivity index (χ2n) is 5.41. The van der Waals surface area contributed by atoms with Crippen LogP contribution in [0.2, 0.25) is 0 Å². The summed E-state index contributed by atoms with van der Waals surface area (Å²) in [6.45, 7) is 2.14. The van der Waals surface area contributed by atoms with Crippen LogP contribution < -0.4 is 11.3 Å². The van der Waals surface area contributed by atoms with Crippen molar-refractivity contribution in [3.05, 3.63) is 18.1 Å². The molecule has 2 fully saturated rings. The van der Waals surface area contributed by atoms with E-state index in [0.717, 1.165) is 24.2 Å². The molecule has 3 N–H and O–H groups in total. The highest BCUT2D eigenvalue weighted by Crippen LogP contribution is 2.37. The van der Waals surface area contributed by atoms with Crippen LogP contribution in [0.25, 0.3) is 0 Å². The number of nitrogens with one attached hydrogen (secondary N) is 1. The highest BCUT2D eigenvalue weighted by molar-refractivity contribution is 5.28. The summed E-state index contributed by atoms with van der Waals surface area (Å²) in [7, 11) is 0. The van der Waals surface area contributed by atoms with Crippen molar-refractivity contribution in [1.82, 2.24) is 14.9 Å². The molecule has 0 amide bonds. The van der Waals surface area contributed by atoms with Gasteiger partial charge in [0, 0.05) is 12.6 Å². The first-order chi connectivity index (χ1) is 8.86. The van der Waals surface area contributed by atoms with Crippen LogP contribution in [0.15, 0.2) is 12.4 Å². The number of aromatic nitrogens is 2. The van der Waals surface area contributed by atoms with Crippen LogP contribution in [0.1, 0.15) is 37.8 Å². The summed E-state index contributed by atoms with van der Waals surface area (Å²) < 4.78 is 0. The Bertz CT molecular complexity index is 391. The van der Waals surface area contributed by atoms with Gasteiger partial charge in [-0.3, -0.25) is 9.88 Å². The number of hydrazine groups is 1. The Morgan fingerprint density at radius 2 is 2.11 bits per heavy atom. The van der Waals surface area contributed by atoms with Crippen LogP contribution in [-0.2, 0) is 6.54 Å². The summed E-state index contributed by atoms with van der Waals surface area (Å²) in [5.74, 6) is 6.84. The molecule has 98 valence electrons. The summed E-state index contributed by atoms with van der Waals surface area (Å²) in [5.41, 5.74) is 3.55. The zero-order valence-electron chi connectivity index (χ0n) is 10.7. The minimum Gasteiger partial charge on any atom is -0.307 e. The van der Waals surface area contributed by atoms with Crippen molar-refractivity contribution in [1.29, 1.82) is 0 Å². The van der Waals surface area contributed by atoms with E-state index in [2.05, 4.69) is 20.3 Å². The largest absolute Gasteiger partial charge is 0.307 e. The second kappa shape index (κ2) is 5.20. The molecular weight excluding hydrogens is 226 g/mol. The third kappa shape index (κ3) is 2.33. The van der Waals surface area contributed by atoms with Gasteiger partial charge in [0.1, 0.15) is 0 Å². The van der Waals surface area contributed by atoms with Crippen molar-refractivity contribution in [2.24, 2.45) is 11.8 Å². The van der Waals surface area contributed by atoms with E-state index in [1.165, 1.54) is 38.6 Å². The molecule has 1 saturated heterocycles. The van der Waals surface area contributed by atoms with Crippen molar-refractivity contribution >= 4 is 5.82 Å². The second-order valence-corrected chi connectivity index (χ2v) is 5.41. The molecule has 1 aliphatic heterocycles. The Labute approximate surface area is 108 Å². The number of nitrogens with zero attached hydrogens (tertiary/aromatic N) is 3. The Hall–Kier alpha value is -1.20. The number of nitrogens with two attached hydrogens (primary N) is 1. The molecule has 5 nitrogen and oxygen atoms in total. The maximum Gasteiger partial charge on any atom is 0.158 e. The van der Waals surface area contributed by atoms with Gasteiger partial charge in [0.2, 0.25) is 0 Å². The SMILES string of the molecule is NNc1cnc(CN2CCCC3CCCC32)cn1. The van der Waals surface area contributed by atoms with Crippen LogP contribution in [-0.4, -0.2) is 27.5 Å². The molecular formula is C13H21N5. The smallest absolute Gasteiger partial charge is 0.158 e. The Balaban J connectivity index is 1.67. The maximum atomic E-state index is 5.29. The lowest BCUT2D eigenvalue weighted by Gasteiger charge is -2.37. The third-order valence-corrected chi connectivity index (χ3v) is 4.33. The quantitative estimate of drug-likeness (QED) is 0.626.